The fourth-order valence-corrected chi connectivity index (χ4v) is 7.73. The SMILES string of the molecule is O=C(NCc1cnc(-c2ccc(OCCCN3CCOC[C@H]3C(=O)O)cc2)s1)c1ccc2c(c1)NC(=O)c1ccccc1S2(=O)=O. The van der Waals surface area contributed by atoms with E-state index >= 15 is 0 Å². The van der Waals surface area contributed by atoms with Gasteiger partial charge < -0.3 is 25.2 Å². The molecule has 3 aromatic carbocycles. The largest absolute Gasteiger partial charge is 0.494 e. The van der Waals surface area contributed by atoms with Gasteiger partial charge in [-0.3, -0.25) is 19.3 Å². The number of thiazole rings is 1. The number of sulfone groups is 1. The lowest BCUT2D eigenvalue weighted by Gasteiger charge is -2.32. The summed E-state index contributed by atoms with van der Waals surface area (Å²) in [6.45, 7) is 2.57. The standard InChI is InChI=1S/C32H30N4O8S2/c37-29(21-8-11-28-25(16-21)35-30(38)24-4-1-2-5-27(24)46(28,41)42)33-17-23-18-34-31(45-23)20-6-9-22(10-7-20)44-14-3-12-36-13-15-43-19-26(36)32(39)40/h1-2,4-11,16,18,26H,3,12-15,17,19H2,(H,33,37)(H,35,38)(H,39,40)/t26-/m0/s1. The van der Waals surface area contributed by atoms with E-state index in [1.807, 2.05) is 29.2 Å². The van der Waals surface area contributed by atoms with Gasteiger partial charge in [0.25, 0.3) is 11.8 Å². The summed E-state index contributed by atoms with van der Waals surface area (Å²) < 4.78 is 37.5. The first-order valence-electron chi connectivity index (χ1n) is 14.5. The molecule has 14 heteroatoms. The number of hydrogen-bond acceptors (Lipinski definition) is 10. The number of carbonyl (C=O) groups is 3. The van der Waals surface area contributed by atoms with Crippen molar-refractivity contribution in [2.75, 3.05) is 38.2 Å². The van der Waals surface area contributed by atoms with Gasteiger partial charge in [-0.05, 0) is 61.0 Å². The molecule has 2 aliphatic rings. The van der Waals surface area contributed by atoms with Gasteiger partial charge >= 0.3 is 5.97 Å². The Balaban J connectivity index is 1.02. The molecule has 0 unspecified atom stereocenters. The molecular formula is C32H30N4O8S2. The molecule has 3 heterocycles. The van der Waals surface area contributed by atoms with Crippen LogP contribution in [0.15, 0.2) is 82.7 Å². The number of anilines is 1. The summed E-state index contributed by atoms with van der Waals surface area (Å²) in [5.41, 5.74) is 1.18. The highest BCUT2D eigenvalue weighted by Gasteiger charge is 2.31. The second-order valence-corrected chi connectivity index (χ2v) is 13.7. The number of morpholine rings is 1. The zero-order chi connectivity index (χ0) is 32.3. The van der Waals surface area contributed by atoms with E-state index in [1.54, 1.807) is 18.3 Å². The Morgan fingerprint density at radius 1 is 1.11 bits per heavy atom. The number of nitrogens with zero attached hydrogens (tertiary/aromatic N) is 2. The molecule has 46 heavy (non-hydrogen) atoms. The van der Waals surface area contributed by atoms with Gasteiger partial charge in [0.2, 0.25) is 9.84 Å². The monoisotopic (exact) mass is 662 g/mol. The van der Waals surface area contributed by atoms with E-state index < -0.39 is 33.7 Å². The number of carboxylic acid groups (broad SMARTS) is 1. The van der Waals surface area contributed by atoms with E-state index in [-0.39, 0.29) is 39.8 Å². The van der Waals surface area contributed by atoms with Crippen LogP contribution in [0.2, 0.25) is 0 Å². The minimum Gasteiger partial charge on any atom is -0.494 e. The maximum absolute atomic E-state index is 13.2. The molecule has 4 aromatic rings. The molecule has 2 aliphatic heterocycles. The van der Waals surface area contributed by atoms with Crippen LogP contribution < -0.4 is 15.4 Å². The lowest BCUT2D eigenvalue weighted by atomic mass is 10.1. The van der Waals surface area contributed by atoms with Crippen LogP contribution in [0.4, 0.5) is 5.69 Å². The second-order valence-electron chi connectivity index (χ2n) is 10.7. The smallest absolute Gasteiger partial charge is 0.323 e. The number of carbonyl (C=O) groups excluding carboxylic acids is 2. The lowest BCUT2D eigenvalue weighted by molar-refractivity contribution is -0.149. The van der Waals surface area contributed by atoms with Crippen LogP contribution in [0.5, 0.6) is 5.75 Å². The first-order chi connectivity index (χ1) is 22.2. The molecule has 12 nitrogen and oxygen atoms in total. The Hall–Kier alpha value is -4.63. The highest BCUT2D eigenvalue weighted by Crippen LogP contribution is 2.34. The molecule has 0 radical (unpaired) electrons. The van der Waals surface area contributed by atoms with Crippen molar-refractivity contribution in [3.63, 3.8) is 0 Å². The van der Waals surface area contributed by atoms with Crippen molar-refractivity contribution in [3.8, 4) is 16.3 Å². The average Bonchev–Trinajstić information content (AvgIpc) is 3.52. The minimum absolute atomic E-state index is 0.0459. The number of aliphatic carboxylic acids is 1. The van der Waals surface area contributed by atoms with Crippen LogP contribution in [-0.2, 0) is 25.9 Å². The molecule has 1 atom stereocenters. The van der Waals surface area contributed by atoms with Gasteiger partial charge in [0.15, 0.2) is 0 Å². The number of rotatable bonds is 10. The van der Waals surface area contributed by atoms with Crippen LogP contribution in [0.1, 0.15) is 32.0 Å². The van der Waals surface area contributed by atoms with Gasteiger partial charge in [0.1, 0.15) is 16.8 Å². The van der Waals surface area contributed by atoms with Gasteiger partial charge in [-0.25, -0.2) is 13.4 Å². The van der Waals surface area contributed by atoms with Crippen LogP contribution in [0.3, 0.4) is 0 Å². The molecule has 1 saturated heterocycles. The van der Waals surface area contributed by atoms with Crippen molar-refractivity contribution in [3.05, 3.63) is 88.9 Å². The van der Waals surface area contributed by atoms with E-state index in [1.165, 1.54) is 41.7 Å². The molecular weight excluding hydrogens is 633 g/mol. The number of fused-ring (bicyclic) bond motifs is 2. The normalized spacial score (nSPS) is 17.2. The number of nitrogens with one attached hydrogen (secondary N) is 2. The number of amides is 2. The number of hydrogen-bond donors (Lipinski definition) is 3. The van der Waals surface area contributed by atoms with Gasteiger partial charge in [-0.15, -0.1) is 11.3 Å². The van der Waals surface area contributed by atoms with Gasteiger partial charge in [0, 0.05) is 35.3 Å². The van der Waals surface area contributed by atoms with Crippen molar-refractivity contribution in [2.45, 2.75) is 28.8 Å². The van der Waals surface area contributed by atoms with E-state index in [4.69, 9.17) is 9.47 Å². The Kier molecular flexibility index (Phi) is 9.12. The van der Waals surface area contributed by atoms with E-state index in [0.717, 1.165) is 15.4 Å². The summed E-state index contributed by atoms with van der Waals surface area (Å²) >= 11 is 1.42. The van der Waals surface area contributed by atoms with Crippen molar-refractivity contribution >= 4 is 44.6 Å². The van der Waals surface area contributed by atoms with Gasteiger partial charge in [-0.1, -0.05) is 12.1 Å². The average molecular weight is 663 g/mol. The third-order valence-corrected chi connectivity index (χ3v) is 10.6. The summed E-state index contributed by atoms with van der Waals surface area (Å²) in [5.74, 6) is -1.18. The predicted molar refractivity (Wildman–Crippen MR) is 169 cm³/mol. The molecule has 2 amide bonds. The van der Waals surface area contributed by atoms with Gasteiger partial charge in [0.05, 0.1) is 47.4 Å². The first kappa shape index (κ1) is 31.4. The Labute approximate surface area is 268 Å². The third-order valence-electron chi connectivity index (χ3n) is 7.66. The van der Waals surface area contributed by atoms with Crippen molar-refractivity contribution < 1.29 is 37.4 Å². The quantitative estimate of drug-likeness (QED) is 0.213. The summed E-state index contributed by atoms with van der Waals surface area (Å²) in [4.78, 5) is 44.1. The molecule has 3 N–H and O–H groups in total. The molecule has 0 aliphatic carbocycles. The molecule has 238 valence electrons. The van der Waals surface area contributed by atoms with Crippen molar-refractivity contribution in [1.29, 1.82) is 0 Å². The highest BCUT2D eigenvalue weighted by molar-refractivity contribution is 7.91. The Bertz CT molecular complexity index is 1890. The van der Waals surface area contributed by atoms with Crippen LogP contribution in [0, 0.1) is 0 Å². The molecule has 1 fully saturated rings. The van der Waals surface area contributed by atoms with Gasteiger partial charge in [-0.2, -0.15) is 0 Å². The molecule has 0 saturated carbocycles. The number of carboxylic acids is 1. The van der Waals surface area contributed by atoms with E-state index in [2.05, 4.69) is 15.6 Å². The summed E-state index contributed by atoms with van der Waals surface area (Å²) in [6.07, 6.45) is 2.36. The van der Waals surface area contributed by atoms with E-state index in [9.17, 15) is 27.9 Å². The highest BCUT2D eigenvalue weighted by atomic mass is 32.2. The number of benzene rings is 3. The van der Waals surface area contributed by atoms with Crippen LogP contribution >= 0.6 is 11.3 Å². The molecule has 0 bridgehead atoms. The summed E-state index contributed by atoms with van der Waals surface area (Å²) in [6, 6.07) is 17.0. The van der Waals surface area contributed by atoms with E-state index in [0.29, 0.717) is 38.5 Å². The predicted octanol–water partition coefficient (Wildman–Crippen LogP) is 3.69. The molecule has 6 rings (SSSR count). The van der Waals surface area contributed by atoms with Crippen molar-refractivity contribution in [1.82, 2.24) is 15.2 Å². The minimum atomic E-state index is -3.96. The fraction of sp³-hybridized carbons (Fsp3) is 0.250. The summed E-state index contributed by atoms with van der Waals surface area (Å²) in [5, 5.41) is 15.6. The maximum atomic E-state index is 13.2. The second kappa shape index (κ2) is 13.4. The molecule has 1 aromatic heterocycles. The maximum Gasteiger partial charge on any atom is 0.323 e. The van der Waals surface area contributed by atoms with Crippen LogP contribution in [-0.4, -0.2) is 80.1 Å². The zero-order valence-corrected chi connectivity index (χ0v) is 26.1. The zero-order valence-electron chi connectivity index (χ0n) is 24.5. The number of ether oxygens (including phenoxy) is 2. The van der Waals surface area contributed by atoms with Crippen molar-refractivity contribution in [2.24, 2.45) is 0 Å². The lowest BCUT2D eigenvalue weighted by Crippen LogP contribution is -2.50. The molecule has 0 spiro atoms. The van der Waals surface area contributed by atoms with Crippen LogP contribution in [0.25, 0.3) is 10.6 Å². The first-order valence-corrected chi connectivity index (χ1v) is 16.8. The number of aromatic nitrogens is 1. The third kappa shape index (κ3) is 6.65. The fourth-order valence-electron chi connectivity index (χ4n) is 5.28. The Morgan fingerprint density at radius 2 is 1.91 bits per heavy atom. The topological polar surface area (TPSA) is 164 Å². The summed E-state index contributed by atoms with van der Waals surface area (Å²) in [7, 11) is -3.96. The Morgan fingerprint density at radius 3 is 2.72 bits per heavy atom.